The first-order chi connectivity index (χ1) is 8.02. The zero-order valence-corrected chi connectivity index (χ0v) is 12.6. The first kappa shape index (κ1) is 13.1. The van der Waals surface area contributed by atoms with E-state index in [1.54, 1.807) is 0 Å². The lowest BCUT2D eigenvalue weighted by atomic mass is 9.91. The van der Waals surface area contributed by atoms with Crippen molar-refractivity contribution in [3.8, 4) is 0 Å². The van der Waals surface area contributed by atoms with Crippen LogP contribution in [0.4, 0.5) is 0 Å². The van der Waals surface area contributed by atoms with Gasteiger partial charge in [0.05, 0.1) is 25.4 Å². The van der Waals surface area contributed by atoms with Gasteiger partial charge < -0.3 is 9.47 Å². The van der Waals surface area contributed by atoms with Crippen LogP contribution in [0.25, 0.3) is 0 Å². The summed E-state index contributed by atoms with van der Waals surface area (Å²) in [4.78, 5) is 23.8. The summed E-state index contributed by atoms with van der Waals surface area (Å²) in [5, 5.41) is 0. The Kier molecular flexibility index (Phi) is 3.63. The number of esters is 2. The normalized spacial score (nSPS) is 35.1. The molecule has 0 amide bonds. The Bertz CT molecular complexity index is 368. The number of rotatable bonds is 2. The molecular formula is C11H12Br2O4. The molecule has 1 fully saturated rings. The predicted molar refractivity (Wildman–Crippen MR) is 68.1 cm³/mol. The fraction of sp³-hybridized carbons (Fsp3) is 0.636. The van der Waals surface area contributed by atoms with Crippen molar-refractivity contribution in [1.82, 2.24) is 0 Å². The van der Waals surface area contributed by atoms with Gasteiger partial charge in [-0.05, 0) is 6.42 Å². The van der Waals surface area contributed by atoms with Gasteiger partial charge in [-0.25, -0.2) is 9.59 Å². The van der Waals surface area contributed by atoms with E-state index in [2.05, 4.69) is 31.9 Å². The minimum absolute atomic E-state index is 0.0194. The van der Waals surface area contributed by atoms with Crippen molar-refractivity contribution >= 4 is 43.8 Å². The monoisotopic (exact) mass is 366 g/mol. The zero-order chi connectivity index (χ0) is 12.7. The van der Waals surface area contributed by atoms with E-state index in [0.717, 1.165) is 6.42 Å². The molecule has 2 aliphatic rings. The van der Waals surface area contributed by atoms with Crippen molar-refractivity contribution in [3.05, 3.63) is 11.1 Å². The number of ether oxygens (including phenoxy) is 2. The Hall–Kier alpha value is -0.360. The quantitative estimate of drug-likeness (QED) is 0.551. The van der Waals surface area contributed by atoms with Gasteiger partial charge >= 0.3 is 11.9 Å². The van der Waals surface area contributed by atoms with Gasteiger partial charge in [-0.1, -0.05) is 31.9 Å². The van der Waals surface area contributed by atoms with Gasteiger partial charge in [-0.15, -0.1) is 0 Å². The fourth-order valence-electron chi connectivity index (χ4n) is 2.67. The molecule has 4 nitrogen and oxygen atoms in total. The summed E-state index contributed by atoms with van der Waals surface area (Å²) in [6.07, 6.45) is 0.778. The largest absolute Gasteiger partial charge is 0.466 e. The summed E-state index contributed by atoms with van der Waals surface area (Å²) < 4.78 is 9.51. The molecule has 0 aliphatic heterocycles. The Labute approximate surface area is 116 Å². The van der Waals surface area contributed by atoms with Gasteiger partial charge in [0.1, 0.15) is 0 Å². The topological polar surface area (TPSA) is 52.6 Å². The van der Waals surface area contributed by atoms with Crippen molar-refractivity contribution in [3.63, 3.8) is 0 Å². The van der Waals surface area contributed by atoms with Crippen LogP contribution in [0.3, 0.4) is 0 Å². The van der Waals surface area contributed by atoms with Crippen LogP contribution in [0.1, 0.15) is 6.42 Å². The van der Waals surface area contributed by atoms with E-state index < -0.39 is 11.9 Å². The third-order valence-corrected chi connectivity index (χ3v) is 6.55. The number of fused-ring (bicyclic) bond motifs is 2. The van der Waals surface area contributed by atoms with Crippen molar-refractivity contribution < 1.29 is 19.1 Å². The molecule has 4 atom stereocenters. The highest BCUT2D eigenvalue weighted by Gasteiger charge is 2.54. The lowest BCUT2D eigenvalue weighted by Gasteiger charge is -2.25. The standard InChI is InChI=1S/C11H12Br2O4/c1-16-10(14)6-4-3-5(9(13)8(4)12)7(6)11(15)17-2/h4-5,8-9H,3H2,1-2H3/t4-,5+,8-,9+. The lowest BCUT2D eigenvalue weighted by Crippen LogP contribution is -2.31. The van der Waals surface area contributed by atoms with Gasteiger partial charge in [0.25, 0.3) is 0 Å². The van der Waals surface area contributed by atoms with Crippen LogP contribution in [-0.2, 0) is 19.1 Å². The maximum Gasteiger partial charge on any atom is 0.334 e. The van der Waals surface area contributed by atoms with Crippen LogP contribution < -0.4 is 0 Å². The minimum atomic E-state index is -0.429. The average molecular weight is 368 g/mol. The van der Waals surface area contributed by atoms with Crippen molar-refractivity contribution in [2.45, 2.75) is 16.1 Å². The number of hydrogen-bond donors (Lipinski definition) is 0. The van der Waals surface area contributed by atoms with E-state index in [-0.39, 0.29) is 21.5 Å². The second-order valence-electron chi connectivity index (χ2n) is 4.15. The lowest BCUT2D eigenvalue weighted by molar-refractivity contribution is -0.139. The van der Waals surface area contributed by atoms with Crippen LogP contribution in [-0.4, -0.2) is 35.8 Å². The summed E-state index contributed by atoms with van der Waals surface area (Å²) >= 11 is 7.11. The molecule has 0 heterocycles. The molecule has 6 heteroatoms. The molecule has 0 aromatic carbocycles. The zero-order valence-electron chi connectivity index (χ0n) is 9.41. The van der Waals surface area contributed by atoms with E-state index in [9.17, 15) is 9.59 Å². The van der Waals surface area contributed by atoms with Gasteiger partial charge in [-0.2, -0.15) is 0 Å². The smallest absolute Gasteiger partial charge is 0.334 e. The maximum atomic E-state index is 11.8. The van der Waals surface area contributed by atoms with Crippen LogP contribution in [0.5, 0.6) is 0 Å². The third kappa shape index (κ3) is 1.85. The average Bonchev–Trinajstić information content (AvgIpc) is 2.85. The molecule has 2 aliphatic carbocycles. The van der Waals surface area contributed by atoms with Crippen LogP contribution in [0.15, 0.2) is 11.1 Å². The van der Waals surface area contributed by atoms with E-state index in [1.165, 1.54) is 14.2 Å². The molecule has 0 N–H and O–H groups in total. The van der Waals surface area contributed by atoms with Gasteiger partial charge in [-0.3, -0.25) is 0 Å². The fourth-order valence-corrected chi connectivity index (χ4v) is 4.37. The predicted octanol–water partition coefficient (Wildman–Crippen LogP) is 1.81. The molecule has 0 aromatic rings. The Morgan fingerprint density at radius 3 is 1.65 bits per heavy atom. The number of methoxy groups -OCH3 is 2. The second-order valence-corrected chi connectivity index (χ2v) is 6.26. The van der Waals surface area contributed by atoms with E-state index in [4.69, 9.17) is 9.47 Å². The van der Waals surface area contributed by atoms with E-state index >= 15 is 0 Å². The summed E-state index contributed by atoms with van der Waals surface area (Å²) in [5.41, 5.74) is 0.948. The Morgan fingerprint density at radius 2 is 1.35 bits per heavy atom. The van der Waals surface area contributed by atoms with Crippen LogP contribution in [0.2, 0.25) is 0 Å². The Balaban J connectivity index is 2.47. The molecule has 94 valence electrons. The Morgan fingerprint density at radius 1 is 1.00 bits per heavy atom. The molecule has 0 unspecified atom stereocenters. The second kappa shape index (κ2) is 4.72. The van der Waals surface area contributed by atoms with Crippen molar-refractivity contribution in [1.29, 1.82) is 0 Å². The van der Waals surface area contributed by atoms with Gasteiger partial charge in [0.15, 0.2) is 0 Å². The molecule has 1 saturated carbocycles. The van der Waals surface area contributed by atoms with Gasteiger partial charge in [0, 0.05) is 21.5 Å². The molecule has 2 rings (SSSR count). The summed E-state index contributed by atoms with van der Waals surface area (Å²) in [5.74, 6) is -0.819. The van der Waals surface area contributed by atoms with Crippen LogP contribution >= 0.6 is 31.9 Å². The molecule has 0 spiro atoms. The number of carbonyl (C=O) groups is 2. The van der Waals surface area contributed by atoms with Crippen LogP contribution in [0, 0.1) is 11.8 Å². The summed E-state index contributed by atoms with van der Waals surface area (Å²) in [6, 6.07) is 0. The molecule has 2 bridgehead atoms. The molecule has 0 aromatic heterocycles. The highest BCUT2D eigenvalue weighted by atomic mass is 79.9. The highest BCUT2D eigenvalue weighted by Crippen LogP contribution is 2.54. The summed E-state index contributed by atoms with van der Waals surface area (Å²) in [6.45, 7) is 0. The molecular weight excluding hydrogens is 356 g/mol. The first-order valence-corrected chi connectivity index (χ1v) is 7.04. The maximum absolute atomic E-state index is 11.8. The summed E-state index contributed by atoms with van der Waals surface area (Å²) in [7, 11) is 2.65. The van der Waals surface area contributed by atoms with Gasteiger partial charge in [0.2, 0.25) is 0 Å². The number of hydrogen-bond acceptors (Lipinski definition) is 4. The molecule has 0 saturated heterocycles. The number of alkyl halides is 2. The molecule has 0 radical (unpaired) electrons. The first-order valence-electron chi connectivity index (χ1n) is 5.21. The van der Waals surface area contributed by atoms with E-state index in [0.29, 0.717) is 11.1 Å². The molecule has 17 heavy (non-hydrogen) atoms. The minimum Gasteiger partial charge on any atom is -0.466 e. The van der Waals surface area contributed by atoms with Crippen molar-refractivity contribution in [2.24, 2.45) is 11.8 Å². The third-order valence-electron chi connectivity index (χ3n) is 3.42. The van der Waals surface area contributed by atoms with Crippen molar-refractivity contribution in [2.75, 3.05) is 14.2 Å². The van der Waals surface area contributed by atoms with E-state index in [1.807, 2.05) is 0 Å². The number of carbonyl (C=O) groups excluding carboxylic acids is 2. The SMILES string of the molecule is COC(=O)C1=C(C(=O)OC)[C@@H]2C[C@H]1[C@@H](Br)[C@H]2Br. The highest BCUT2D eigenvalue weighted by molar-refractivity contribution is 9.12. The number of halogens is 2.